The van der Waals surface area contributed by atoms with Crippen LogP contribution in [0.5, 0.6) is 0 Å². The van der Waals surface area contributed by atoms with E-state index < -0.39 is 5.97 Å². The van der Waals surface area contributed by atoms with Gasteiger partial charge in [0.15, 0.2) is 0 Å². The molecule has 26 heavy (non-hydrogen) atoms. The van der Waals surface area contributed by atoms with Crippen molar-refractivity contribution >= 4 is 35.4 Å². The van der Waals surface area contributed by atoms with Crippen LogP contribution in [0.3, 0.4) is 0 Å². The molecule has 1 aromatic carbocycles. The summed E-state index contributed by atoms with van der Waals surface area (Å²) in [5.41, 5.74) is 2.33. The molecule has 0 radical (unpaired) electrons. The Morgan fingerprint density at radius 3 is 2.58 bits per heavy atom. The Kier molecular flexibility index (Phi) is 5.19. The first kappa shape index (κ1) is 17.9. The van der Waals surface area contributed by atoms with Crippen molar-refractivity contribution in [3.8, 4) is 0 Å². The van der Waals surface area contributed by atoms with Crippen LogP contribution in [0.4, 0.5) is 0 Å². The Morgan fingerprint density at radius 2 is 1.92 bits per heavy atom. The molecule has 2 aromatic heterocycles. The number of carboxylic acid groups (broad SMARTS) is 1. The van der Waals surface area contributed by atoms with E-state index in [1.807, 2.05) is 25.1 Å². The Bertz CT molecular complexity index is 1050. The zero-order valence-corrected chi connectivity index (χ0v) is 14.9. The molecule has 0 aliphatic carbocycles. The highest BCUT2D eigenvalue weighted by Crippen LogP contribution is 2.15. The Balaban J connectivity index is 2.13. The van der Waals surface area contributed by atoms with E-state index in [-0.39, 0.29) is 11.1 Å². The summed E-state index contributed by atoms with van der Waals surface area (Å²) >= 11 is 5.89. The third-order valence-electron chi connectivity index (χ3n) is 4.00. The second-order valence-electron chi connectivity index (χ2n) is 5.87. The molecule has 2 heterocycles. The van der Waals surface area contributed by atoms with E-state index in [1.165, 1.54) is 16.7 Å². The fraction of sp³-hybridized carbons (Fsp3) is 0.150. The molecule has 1 N–H and O–H groups in total. The third kappa shape index (κ3) is 3.68. The van der Waals surface area contributed by atoms with E-state index >= 15 is 0 Å². The monoisotopic (exact) mass is 368 g/mol. The molecule has 3 aromatic rings. The van der Waals surface area contributed by atoms with Crippen molar-refractivity contribution < 1.29 is 9.90 Å². The Hall–Kier alpha value is -2.92. The second-order valence-corrected chi connectivity index (χ2v) is 6.30. The second kappa shape index (κ2) is 7.54. The molecule has 0 aliphatic rings. The van der Waals surface area contributed by atoms with Crippen LogP contribution < -0.4 is 5.56 Å². The molecule has 0 bridgehead atoms. The van der Waals surface area contributed by atoms with Gasteiger partial charge in [-0.2, -0.15) is 0 Å². The van der Waals surface area contributed by atoms with Crippen LogP contribution in [0, 0.1) is 0 Å². The van der Waals surface area contributed by atoms with Crippen molar-refractivity contribution in [2.45, 2.75) is 19.8 Å². The number of aromatic carboxylic acids is 1. The lowest BCUT2D eigenvalue weighted by Crippen LogP contribution is -2.22. The van der Waals surface area contributed by atoms with Gasteiger partial charge < -0.3 is 5.11 Å². The number of pyridine rings is 1. The maximum Gasteiger partial charge on any atom is 0.337 e. The lowest BCUT2D eigenvalue weighted by atomic mass is 10.1. The van der Waals surface area contributed by atoms with Crippen molar-refractivity contribution in [2.75, 3.05) is 0 Å². The lowest BCUT2D eigenvalue weighted by molar-refractivity contribution is 0.0696. The first-order valence-electron chi connectivity index (χ1n) is 8.22. The van der Waals surface area contributed by atoms with Crippen LogP contribution in [0.15, 0.2) is 47.4 Å². The number of benzene rings is 1. The highest BCUT2D eigenvalue weighted by Gasteiger charge is 2.12. The van der Waals surface area contributed by atoms with Crippen LogP contribution >= 0.6 is 11.6 Å². The van der Waals surface area contributed by atoms with Gasteiger partial charge in [-0.15, -0.1) is 0 Å². The van der Waals surface area contributed by atoms with E-state index in [9.17, 15) is 9.59 Å². The predicted octanol–water partition coefficient (Wildman–Crippen LogP) is 4.17. The molecule has 0 spiro atoms. The number of fused-ring (bicyclic) bond motifs is 1. The van der Waals surface area contributed by atoms with Crippen LogP contribution in [-0.4, -0.2) is 20.5 Å². The number of carboxylic acids is 1. The third-order valence-corrected chi connectivity index (χ3v) is 4.25. The number of carbonyl (C=O) groups is 1. The van der Waals surface area contributed by atoms with Gasteiger partial charge >= 0.3 is 5.97 Å². The van der Waals surface area contributed by atoms with Gasteiger partial charge in [-0.25, -0.2) is 9.78 Å². The predicted molar refractivity (Wildman–Crippen MR) is 103 cm³/mol. The zero-order chi connectivity index (χ0) is 18.7. The van der Waals surface area contributed by atoms with Crippen molar-refractivity contribution in [3.05, 3.63) is 80.4 Å². The minimum atomic E-state index is -1.08. The first-order valence-corrected chi connectivity index (χ1v) is 8.59. The highest BCUT2D eigenvalue weighted by molar-refractivity contribution is 6.30. The van der Waals surface area contributed by atoms with Crippen LogP contribution in [-0.2, 0) is 6.42 Å². The number of hydrogen-bond acceptors (Lipinski definition) is 3. The van der Waals surface area contributed by atoms with Gasteiger partial charge in [0.1, 0.15) is 5.65 Å². The van der Waals surface area contributed by atoms with Gasteiger partial charge in [0.2, 0.25) is 0 Å². The van der Waals surface area contributed by atoms with Crippen molar-refractivity contribution in [1.82, 2.24) is 9.38 Å². The molecule has 0 amide bonds. The van der Waals surface area contributed by atoms with E-state index in [0.29, 0.717) is 28.3 Å². The van der Waals surface area contributed by atoms with Crippen molar-refractivity contribution in [3.63, 3.8) is 0 Å². The first-order chi connectivity index (χ1) is 12.5. The molecule has 6 heteroatoms. The minimum absolute atomic E-state index is 0.0494. The molecule has 0 unspecified atom stereocenters. The molecule has 5 nitrogen and oxygen atoms in total. The topological polar surface area (TPSA) is 71.7 Å². The fourth-order valence-electron chi connectivity index (χ4n) is 2.69. The van der Waals surface area contributed by atoms with Crippen LogP contribution in [0.25, 0.3) is 17.8 Å². The van der Waals surface area contributed by atoms with Gasteiger partial charge in [-0.05, 0) is 42.3 Å². The highest BCUT2D eigenvalue weighted by atomic mass is 35.5. The summed E-state index contributed by atoms with van der Waals surface area (Å²) in [6, 6.07) is 10.3. The average molecular weight is 369 g/mol. The molecule has 0 fully saturated rings. The summed E-state index contributed by atoms with van der Waals surface area (Å²) < 4.78 is 1.30. The van der Waals surface area contributed by atoms with Crippen molar-refractivity contribution in [1.29, 1.82) is 0 Å². The maximum atomic E-state index is 12.8. The number of aromatic nitrogens is 2. The van der Waals surface area contributed by atoms with Crippen molar-refractivity contribution in [2.24, 2.45) is 0 Å². The minimum Gasteiger partial charge on any atom is -0.478 e. The normalized spacial score (nSPS) is 11.3. The summed E-state index contributed by atoms with van der Waals surface area (Å²) in [6.07, 6.45) is 6.34. The van der Waals surface area contributed by atoms with Crippen LogP contribution in [0.2, 0.25) is 5.02 Å². The van der Waals surface area contributed by atoms with Gasteiger partial charge in [0.05, 0.1) is 11.3 Å². The van der Waals surface area contributed by atoms with Gasteiger partial charge in [-0.1, -0.05) is 43.2 Å². The lowest BCUT2D eigenvalue weighted by Gasteiger charge is -2.08. The molecular weight excluding hydrogens is 352 g/mol. The van der Waals surface area contributed by atoms with Gasteiger partial charge in [0.25, 0.3) is 5.56 Å². The molecule has 0 saturated heterocycles. The summed E-state index contributed by atoms with van der Waals surface area (Å²) in [6.45, 7) is 1.98. The number of rotatable bonds is 5. The Labute approximate surface area is 155 Å². The summed E-state index contributed by atoms with van der Waals surface area (Å²) in [5, 5.41) is 9.79. The van der Waals surface area contributed by atoms with E-state index in [0.717, 1.165) is 12.0 Å². The van der Waals surface area contributed by atoms with E-state index in [2.05, 4.69) is 4.98 Å². The molecular formula is C20H17ClN2O3. The molecule has 0 saturated carbocycles. The standard InChI is InChI=1S/C20H17ClN2O3/c1-2-3-16-17(10-6-13-4-8-15(21)9-5-13)22-18-11-7-14(20(25)26)12-23(18)19(16)24/h4-12H,2-3H2,1H3,(H,25,26)/b10-6+. The number of hydrogen-bond donors (Lipinski definition) is 1. The quantitative estimate of drug-likeness (QED) is 0.733. The smallest absolute Gasteiger partial charge is 0.337 e. The number of nitrogens with zero attached hydrogens (tertiary/aromatic N) is 2. The van der Waals surface area contributed by atoms with Gasteiger partial charge in [-0.3, -0.25) is 9.20 Å². The average Bonchev–Trinajstić information content (AvgIpc) is 2.63. The fourth-order valence-corrected chi connectivity index (χ4v) is 2.82. The molecule has 0 atom stereocenters. The number of halogens is 1. The zero-order valence-electron chi connectivity index (χ0n) is 14.1. The molecule has 132 valence electrons. The SMILES string of the molecule is CCCc1c(/C=C/c2ccc(Cl)cc2)nc2ccc(C(=O)O)cn2c1=O. The van der Waals surface area contributed by atoms with E-state index in [1.54, 1.807) is 24.3 Å². The Morgan fingerprint density at radius 1 is 1.19 bits per heavy atom. The summed E-state index contributed by atoms with van der Waals surface area (Å²) in [4.78, 5) is 28.6. The largest absolute Gasteiger partial charge is 0.478 e. The molecule has 3 rings (SSSR count). The van der Waals surface area contributed by atoms with Crippen LogP contribution in [0.1, 0.15) is 40.5 Å². The molecule has 0 aliphatic heterocycles. The summed E-state index contributed by atoms with van der Waals surface area (Å²) in [5.74, 6) is -1.08. The maximum absolute atomic E-state index is 12.8. The van der Waals surface area contributed by atoms with Gasteiger partial charge in [0, 0.05) is 16.8 Å². The summed E-state index contributed by atoms with van der Waals surface area (Å²) in [7, 11) is 0. The van der Waals surface area contributed by atoms with E-state index in [4.69, 9.17) is 16.7 Å².